The quantitative estimate of drug-likeness (QED) is 0.221. The minimum Gasteiger partial charge on any atom is -0.357 e. The van der Waals surface area contributed by atoms with Crippen LogP contribution in [0.15, 0.2) is 72.8 Å². The number of morpholine rings is 1. The number of carbonyl (C=O) groups excluding carboxylic acids is 2. The molecule has 1 aliphatic heterocycles. The molecule has 10 nitrogen and oxygen atoms in total. The number of anilines is 1. The summed E-state index contributed by atoms with van der Waals surface area (Å²) in [4.78, 5) is 29.2. The molecule has 49 heavy (non-hydrogen) atoms. The monoisotopic (exact) mass is 753 g/mol. The maximum absolute atomic E-state index is 15.3. The summed E-state index contributed by atoms with van der Waals surface area (Å²) in [5.41, 5.74) is 1.00. The Morgan fingerprint density at radius 3 is 2.24 bits per heavy atom. The topological polar surface area (TPSA) is 130 Å². The fraction of sp³-hybridized carbons (Fsp3) is 0.412. The summed E-state index contributed by atoms with van der Waals surface area (Å²) >= 11 is 12.6. The molecule has 264 valence electrons. The Bertz CT molecular complexity index is 1910. The van der Waals surface area contributed by atoms with E-state index in [-0.39, 0.29) is 18.7 Å². The lowest BCUT2D eigenvalue weighted by atomic mass is 9.89. The second-order valence-corrected chi connectivity index (χ2v) is 17.7. The lowest BCUT2D eigenvalue weighted by Crippen LogP contribution is -2.58. The van der Waals surface area contributed by atoms with Crippen molar-refractivity contribution in [1.82, 2.24) is 9.62 Å². The number of rotatable bonds is 13. The van der Waals surface area contributed by atoms with Gasteiger partial charge in [-0.3, -0.25) is 18.6 Å². The molecule has 2 aliphatic rings. The zero-order valence-electron chi connectivity index (χ0n) is 27.1. The predicted octanol–water partition coefficient (Wildman–Crippen LogP) is 6.16. The molecule has 5 rings (SSSR count). The number of nitrogens with zero attached hydrogens (tertiary/aromatic N) is 2. The van der Waals surface area contributed by atoms with E-state index in [9.17, 15) is 26.4 Å². The fourth-order valence-electron chi connectivity index (χ4n) is 5.87. The van der Waals surface area contributed by atoms with Crippen LogP contribution in [0.2, 0.25) is 10.0 Å². The van der Waals surface area contributed by atoms with E-state index in [2.05, 4.69) is 0 Å². The van der Waals surface area contributed by atoms with Crippen molar-refractivity contribution in [3.05, 3.63) is 99.8 Å². The van der Waals surface area contributed by atoms with Gasteiger partial charge in [0.1, 0.15) is 18.0 Å². The van der Waals surface area contributed by atoms with Crippen LogP contribution in [-0.2, 0) is 34.4 Å². The Kier molecular flexibility index (Phi) is 11.3. The number of benzene rings is 3. The maximum atomic E-state index is 15.3. The summed E-state index contributed by atoms with van der Waals surface area (Å²) in [5, 5.41) is -0.779. The molecule has 2 fully saturated rings. The van der Waals surface area contributed by atoms with Crippen LogP contribution in [0.4, 0.5) is 10.1 Å². The van der Waals surface area contributed by atoms with Crippen LogP contribution in [0.25, 0.3) is 0 Å². The van der Waals surface area contributed by atoms with Crippen molar-refractivity contribution in [3.63, 3.8) is 0 Å². The third-order valence-corrected chi connectivity index (χ3v) is 13.2. The van der Waals surface area contributed by atoms with Crippen LogP contribution in [0.5, 0.6) is 0 Å². The summed E-state index contributed by atoms with van der Waals surface area (Å²) < 4.78 is 77.5. The van der Waals surface area contributed by atoms with Crippen molar-refractivity contribution < 1.29 is 35.6 Å². The van der Waals surface area contributed by atoms with Gasteiger partial charge < -0.3 is 9.64 Å². The zero-order valence-corrected chi connectivity index (χ0v) is 30.3. The first kappa shape index (κ1) is 37.0. The molecule has 0 spiro atoms. The summed E-state index contributed by atoms with van der Waals surface area (Å²) in [6.45, 7) is 4.30. The summed E-state index contributed by atoms with van der Waals surface area (Å²) in [6.07, 6.45) is -1.97. The summed E-state index contributed by atoms with van der Waals surface area (Å²) in [7, 11) is -8.04. The largest absolute Gasteiger partial charge is 0.357 e. The van der Waals surface area contributed by atoms with Gasteiger partial charge in [0.05, 0.1) is 41.2 Å². The molecule has 3 aromatic rings. The first-order chi connectivity index (χ1) is 23.1. The molecule has 3 aromatic carbocycles. The number of nitrogens with one attached hydrogen (secondary N) is 1. The van der Waals surface area contributed by atoms with Gasteiger partial charge in [-0.15, -0.1) is 0 Å². The number of amides is 2. The van der Waals surface area contributed by atoms with Gasteiger partial charge in [0, 0.05) is 10.0 Å². The lowest BCUT2D eigenvalue weighted by molar-refractivity contribution is -0.181. The standard InChI is InChI=1S/C34H38Cl2FN3O7S2/c1-4-26(20-39(49(45,46)27-16-17-27)29-11-6-5-10-28(29)37)40-32(22-12-14-24(35)15-13-22)33(23-8-7-9-25(36)18-23)47-30(34(40)42)19-31(41)38-48(43,44)21(2)3/h5-15,18,21,26-27,30,32-33H,4,16-17,19-20H2,1-3H3,(H,38,41)/t26-,30+,32+,33+/m0/s1. The normalized spacial score (nSPS) is 20.7. The Labute approximate surface area is 296 Å². The summed E-state index contributed by atoms with van der Waals surface area (Å²) in [6, 6.07) is 17.3. The molecular formula is C34H38Cl2FN3O7S2. The van der Waals surface area contributed by atoms with E-state index in [1.165, 1.54) is 36.9 Å². The highest BCUT2D eigenvalue weighted by Crippen LogP contribution is 2.45. The van der Waals surface area contributed by atoms with Crippen LogP contribution in [0, 0.1) is 5.82 Å². The van der Waals surface area contributed by atoms with E-state index in [0.717, 1.165) is 4.31 Å². The molecule has 0 aromatic heterocycles. The van der Waals surface area contributed by atoms with Gasteiger partial charge in [0.15, 0.2) is 0 Å². The Balaban J connectivity index is 1.64. The second-order valence-electron chi connectivity index (χ2n) is 12.5. The van der Waals surface area contributed by atoms with Crippen molar-refractivity contribution in [1.29, 1.82) is 0 Å². The SMILES string of the molecule is CC[C@@H](CN(c1ccccc1F)S(=O)(=O)C1CC1)N1C(=O)[C@@H](CC(=O)NS(=O)(=O)C(C)C)O[C@H](c2cccc(Cl)c2)[C@H]1c1ccc(Cl)cc1. The number of hydrogen-bond acceptors (Lipinski definition) is 7. The van der Waals surface area contributed by atoms with Crippen molar-refractivity contribution in [2.75, 3.05) is 10.8 Å². The van der Waals surface area contributed by atoms with Crippen LogP contribution in [-0.4, -0.2) is 62.7 Å². The average Bonchev–Trinajstić information content (AvgIpc) is 3.90. The molecule has 1 heterocycles. The Morgan fingerprint density at radius 1 is 0.980 bits per heavy atom. The lowest BCUT2D eigenvalue weighted by Gasteiger charge is -2.49. The van der Waals surface area contributed by atoms with Crippen molar-refractivity contribution >= 4 is 60.8 Å². The molecule has 0 radical (unpaired) electrons. The van der Waals surface area contributed by atoms with Gasteiger partial charge in [-0.05, 0) is 80.6 Å². The van der Waals surface area contributed by atoms with Crippen molar-refractivity contribution in [2.45, 2.75) is 81.2 Å². The Morgan fingerprint density at radius 2 is 1.65 bits per heavy atom. The van der Waals surface area contributed by atoms with Crippen LogP contribution < -0.4 is 9.03 Å². The van der Waals surface area contributed by atoms with Crippen molar-refractivity contribution in [2.24, 2.45) is 0 Å². The van der Waals surface area contributed by atoms with E-state index >= 15 is 4.39 Å². The summed E-state index contributed by atoms with van der Waals surface area (Å²) in [5.74, 6) is -2.35. The van der Waals surface area contributed by atoms with Gasteiger partial charge in [0.25, 0.3) is 5.91 Å². The number of ether oxygens (including phenoxy) is 1. The third-order valence-electron chi connectivity index (χ3n) is 8.68. The molecule has 1 saturated heterocycles. The second kappa shape index (κ2) is 14.9. The molecule has 2 amide bonds. The molecule has 1 N–H and O–H groups in total. The van der Waals surface area contributed by atoms with Crippen LogP contribution in [0.3, 0.4) is 0 Å². The minimum absolute atomic E-state index is 0.141. The predicted molar refractivity (Wildman–Crippen MR) is 187 cm³/mol. The molecular weight excluding hydrogens is 716 g/mol. The van der Waals surface area contributed by atoms with E-state index in [1.807, 2.05) is 4.72 Å². The molecule has 4 atom stereocenters. The number of halogens is 3. The number of para-hydroxylation sites is 1. The van der Waals surface area contributed by atoms with Gasteiger partial charge >= 0.3 is 0 Å². The van der Waals surface area contributed by atoms with E-state index in [4.69, 9.17) is 27.9 Å². The van der Waals surface area contributed by atoms with Gasteiger partial charge in [-0.1, -0.05) is 66.5 Å². The number of sulfonamides is 2. The van der Waals surface area contributed by atoms with E-state index in [0.29, 0.717) is 34.0 Å². The number of carbonyl (C=O) groups is 2. The molecule has 15 heteroatoms. The highest BCUT2D eigenvalue weighted by atomic mass is 35.5. The zero-order chi connectivity index (χ0) is 35.7. The maximum Gasteiger partial charge on any atom is 0.253 e. The van der Waals surface area contributed by atoms with E-state index < -0.39 is 78.9 Å². The van der Waals surface area contributed by atoms with Gasteiger partial charge in [-0.2, -0.15) is 0 Å². The van der Waals surface area contributed by atoms with Crippen LogP contribution >= 0.6 is 23.2 Å². The smallest absolute Gasteiger partial charge is 0.253 e. The Hall–Kier alpha value is -3.23. The first-order valence-corrected chi connectivity index (χ1v) is 19.7. The molecule has 0 bridgehead atoms. The van der Waals surface area contributed by atoms with Gasteiger partial charge in [-0.25, -0.2) is 21.2 Å². The molecule has 0 unspecified atom stereocenters. The fourth-order valence-corrected chi connectivity index (χ4v) is 8.73. The first-order valence-electron chi connectivity index (χ1n) is 15.9. The minimum atomic E-state index is -4.03. The highest BCUT2D eigenvalue weighted by Gasteiger charge is 2.49. The number of hydrogen-bond donors (Lipinski definition) is 1. The molecule has 1 aliphatic carbocycles. The van der Waals surface area contributed by atoms with Gasteiger partial charge in [0.2, 0.25) is 26.0 Å². The van der Waals surface area contributed by atoms with Crippen molar-refractivity contribution in [3.8, 4) is 0 Å². The average molecular weight is 755 g/mol. The third kappa shape index (κ3) is 8.23. The van der Waals surface area contributed by atoms with E-state index in [1.54, 1.807) is 61.5 Å². The molecule has 1 saturated carbocycles. The van der Waals surface area contributed by atoms with Crippen LogP contribution in [0.1, 0.15) is 69.7 Å². The highest BCUT2D eigenvalue weighted by molar-refractivity contribution is 7.93.